The molecule has 3 rings (SSSR count). The highest BCUT2D eigenvalue weighted by molar-refractivity contribution is 5.91. The highest BCUT2D eigenvalue weighted by Crippen LogP contribution is 2.44. The largest absolute Gasteiger partial charge is 0.481 e. The number of alkyl carbamates (subject to hydrolysis) is 1. The third-order valence-corrected chi connectivity index (χ3v) is 5.11. The molecular formula is C24H27NO5. The molecule has 0 heterocycles. The van der Waals surface area contributed by atoms with Gasteiger partial charge in [-0.25, -0.2) is 4.79 Å². The Morgan fingerprint density at radius 1 is 1.00 bits per heavy atom. The minimum atomic E-state index is -1.15. The number of fused-ring (bicyclic) bond motifs is 3. The van der Waals surface area contributed by atoms with Gasteiger partial charge < -0.3 is 15.2 Å². The molecule has 0 saturated heterocycles. The molecule has 0 radical (unpaired) electrons. The predicted molar refractivity (Wildman–Crippen MR) is 113 cm³/mol. The molecule has 2 aromatic carbocycles. The van der Waals surface area contributed by atoms with E-state index >= 15 is 0 Å². The van der Waals surface area contributed by atoms with Crippen molar-refractivity contribution in [3.63, 3.8) is 0 Å². The smallest absolute Gasteiger partial charge is 0.407 e. The van der Waals surface area contributed by atoms with E-state index in [1.54, 1.807) is 0 Å². The first-order valence-corrected chi connectivity index (χ1v) is 10.0. The Labute approximate surface area is 176 Å². The number of ketones is 1. The van der Waals surface area contributed by atoms with E-state index in [0.29, 0.717) is 0 Å². The number of Topliss-reactive ketones (excluding diaryl/α,β-unsaturated/α-hetero) is 1. The first-order valence-electron chi connectivity index (χ1n) is 10.0. The number of amides is 1. The number of carboxylic acid groups (broad SMARTS) is 1. The Kier molecular flexibility index (Phi) is 6.25. The van der Waals surface area contributed by atoms with Crippen LogP contribution < -0.4 is 5.32 Å². The molecule has 0 bridgehead atoms. The van der Waals surface area contributed by atoms with Gasteiger partial charge in [-0.05, 0) is 27.7 Å². The molecule has 0 fully saturated rings. The molecule has 2 aromatic rings. The molecule has 0 spiro atoms. The molecule has 0 aliphatic heterocycles. The predicted octanol–water partition coefficient (Wildman–Crippen LogP) is 4.37. The van der Waals surface area contributed by atoms with Crippen molar-refractivity contribution in [2.24, 2.45) is 5.41 Å². The number of carboxylic acids is 1. The van der Waals surface area contributed by atoms with Gasteiger partial charge in [0.2, 0.25) is 0 Å². The molecule has 2 N–H and O–H groups in total. The van der Waals surface area contributed by atoms with Gasteiger partial charge in [-0.15, -0.1) is 0 Å². The SMILES string of the molecule is CC(C)(C)CC(=O)[C@H](CC(=O)O)[15NH]C(=O)OCC1c2ccccc2-c2ccccc21. The third kappa shape index (κ3) is 5.06. The molecule has 158 valence electrons. The summed E-state index contributed by atoms with van der Waals surface area (Å²) in [5, 5.41) is 11.6. The van der Waals surface area contributed by atoms with E-state index in [1.807, 2.05) is 69.3 Å². The number of benzene rings is 2. The summed E-state index contributed by atoms with van der Waals surface area (Å²) in [5.41, 5.74) is 4.09. The molecule has 6 heteroatoms. The van der Waals surface area contributed by atoms with Crippen LogP contribution in [0.1, 0.15) is 50.7 Å². The molecule has 1 amide bonds. The van der Waals surface area contributed by atoms with Crippen molar-refractivity contribution in [3.8, 4) is 11.1 Å². The summed E-state index contributed by atoms with van der Waals surface area (Å²) >= 11 is 0. The van der Waals surface area contributed by atoms with Crippen LogP contribution in [0.3, 0.4) is 0 Å². The van der Waals surface area contributed by atoms with Gasteiger partial charge in [-0.2, -0.15) is 0 Å². The fourth-order valence-corrected chi connectivity index (χ4v) is 3.85. The van der Waals surface area contributed by atoms with Gasteiger partial charge in [0, 0.05) is 12.3 Å². The maximum atomic E-state index is 12.5. The van der Waals surface area contributed by atoms with Crippen molar-refractivity contribution >= 4 is 17.8 Å². The lowest BCUT2D eigenvalue weighted by Crippen LogP contribution is -2.43. The van der Waals surface area contributed by atoms with Crippen LogP contribution in [0.4, 0.5) is 4.79 Å². The molecule has 0 unspecified atom stereocenters. The average Bonchev–Trinajstić information content (AvgIpc) is 2.98. The number of hydrogen-bond donors (Lipinski definition) is 2. The van der Waals surface area contributed by atoms with E-state index in [2.05, 4.69) is 5.32 Å². The van der Waals surface area contributed by atoms with Gasteiger partial charge in [0.25, 0.3) is 0 Å². The van der Waals surface area contributed by atoms with Crippen LogP contribution in [0.15, 0.2) is 48.5 Å². The van der Waals surface area contributed by atoms with Crippen LogP contribution in [0.2, 0.25) is 0 Å². The zero-order valence-electron chi connectivity index (χ0n) is 17.5. The van der Waals surface area contributed by atoms with Crippen LogP contribution in [0.25, 0.3) is 11.1 Å². The highest BCUT2D eigenvalue weighted by Gasteiger charge is 2.31. The zero-order chi connectivity index (χ0) is 21.9. The summed E-state index contributed by atoms with van der Waals surface area (Å²) in [6, 6.07) is 14.9. The summed E-state index contributed by atoms with van der Waals surface area (Å²) in [4.78, 5) is 36.0. The fourth-order valence-electron chi connectivity index (χ4n) is 3.85. The molecule has 30 heavy (non-hydrogen) atoms. The van der Waals surface area contributed by atoms with E-state index in [1.165, 1.54) is 0 Å². The number of aliphatic carboxylic acids is 1. The van der Waals surface area contributed by atoms with Crippen molar-refractivity contribution in [2.45, 2.75) is 45.6 Å². The van der Waals surface area contributed by atoms with E-state index in [9.17, 15) is 14.4 Å². The Morgan fingerprint density at radius 2 is 1.53 bits per heavy atom. The molecule has 1 atom stereocenters. The molecule has 0 saturated carbocycles. The molecule has 6 nitrogen and oxygen atoms in total. The summed E-state index contributed by atoms with van der Waals surface area (Å²) in [7, 11) is 0. The second-order valence-electron chi connectivity index (χ2n) is 8.82. The van der Waals surface area contributed by atoms with E-state index < -0.39 is 24.5 Å². The lowest BCUT2D eigenvalue weighted by atomic mass is 9.87. The van der Waals surface area contributed by atoms with Gasteiger partial charge in [-0.3, -0.25) is 9.59 Å². The molecule has 1 aliphatic carbocycles. The quantitative estimate of drug-likeness (QED) is 0.661. The minimum absolute atomic E-state index is 0.104. The molecule has 0 aromatic heterocycles. The van der Waals surface area contributed by atoms with E-state index in [0.717, 1.165) is 22.3 Å². The number of rotatable bonds is 7. The second-order valence-corrected chi connectivity index (χ2v) is 8.82. The minimum Gasteiger partial charge on any atom is -0.481 e. The van der Waals surface area contributed by atoms with Gasteiger partial charge in [0.05, 0.1) is 6.42 Å². The van der Waals surface area contributed by atoms with Gasteiger partial charge in [0.1, 0.15) is 12.6 Å². The lowest BCUT2D eigenvalue weighted by molar-refractivity contribution is -0.139. The maximum absolute atomic E-state index is 12.5. The summed E-state index contributed by atoms with van der Waals surface area (Å²) in [6.45, 7) is 5.76. The van der Waals surface area contributed by atoms with E-state index in [4.69, 9.17) is 9.84 Å². The first-order chi connectivity index (χ1) is 14.2. The van der Waals surface area contributed by atoms with Crippen molar-refractivity contribution in [1.82, 2.24) is 5.32 Å². The maximum Gasteiger partial charge on any atom is 0.407 e. The van der Waals surface area contributed by atoms with Gasteiger partial charge in [0.15, 0.2) is 5.78 Å². The first kappa shape index (κ1) is 21.6. The zero-order valence-corrected chi connectivity index (χ0v) is 17.5. The monoisotopic (exact) mass is 410 g/mol. The normalized spacial score (nSPS) is 13.8. The average molecular weight is 410 g/mol. The second kappa shape index (κ2) is 8.69. The van der Waals surface area contributed by atoms with Crippen molar-refractivity contribution < 1.29 is 24.2 Å². The van der Waals surface area contributed by atoms with Crippen molar-refractivity contribution in [3.05, 3.63) is 59.7 Å². The Hall–Kier alpha value is -3.15. The summed E-state index contributed by atoms with van der Waals surface area (Å²) in [6.07, 6.45) is -1.10. The standard InChI is InChI=1S/C24H27NO5/c1-24(2,3)13-21(26)20(12-22(27)28)25-23(29)30-14-19-17-10-6-4-8-15(17)16-9-5-7-11-18(16)19/h4-11,19-20H,12-14H2,1-3H3,(H,25,29)(H,27,28)/t20-/m0/s1/i25+1. The summed E-state index contributed by atoms with van der Waals surface area (Å²) < 4.78 is 5.44. The molecule has 1 aliphatic rings. The van der Waals surface area contributed by atoms with Crippen LogP contribution in [-0.2, 0) is 14.3 Å². The van der Waals surface area contributed by atoms with Crippen molar-refractivity contribution in [2.75, 3.05) is 6.61 Å². The van der Waals surface area contributed by atoms with E-state index in [-0.39, 0.29) is 30.1 Å². The number of carbonyl (C=O) groups excluding carboxylic acids is 2. The third-order valence-electron chi connectivity index (χ3n) is 5.11. The van der Waals surface area contributed by atoms with Crippen LogP contribution in [-0.4, -0.2) is 35.6 Å². The number of hydrogen-bond acceptors (Lipinski definition) is 4. The number of carbonyl (C=O) groups is 3. The molecular weight excluding hydrogens is 383 g/mol. The topological polar surface area (TPSA) is 92.7 Å². The number of nitrogens with one attached hydrogen (secondary N) is 1. The van der Waals surface area contributed by atoms with Gasteiger partial charge >= 0.3 is 12.1 Å². The number of ether oxygens (including phenoxy) is 1. The van der Waals surface area contributed by atoms with Crippen LogP contribution in [0.5, 0.6) is 0 Å². The van der Waals surface area contributed by atoms with Crippen LogP contribution >= 0.6 is 0 Å². The highest BCUT2D eigenvalue weighted by atomic mass is 16.6. The van der Waals surface area contributed by atoms with Gasteiger partial charge in [-0.1, -0.05) is 69.3 Å². The Bertz CT molecular complexity index is 915. The van der Waals surface area contributed by atoms with Crippen LogP contribution in [0, 0.1) is 5.41 Å². The Morgan fingerprint density at radius 3 is 2.03 bits per heavy atom. The Balaban J connectivity index is 1.68. The summed E-state index contributed by atoms with van der Waals surface area (Å²) in [5.74, 6) is -1.58. The fraction of sp³-hybridized carbons (Fsp3) is 0.375. The lowest BCUT2D eigenvalue weighted by Gasteiger charge is -2.22. The van der Waals surface area contributed by atoms with Crippen molar-refractivity contribution in [1.29, 1.82) is 0 Å².